The van der Waals surface area contributed by atoms with Gasteiger partial charge in [-0.15, -0.1) is 0 Å². The van der Waals surface area contributed by atoms with Crippen molar-refractivity contribution in [3.63, 3.8) is 0 Å². The summed E-state index contributed by atoms with van der Waals surface area (Å²) in [6.45, 7) is 14.8. The van der Waals surface area contributed by atoms with E-state index in [4.69, 9.17) is 0 Å². The lowest BCUT2D eigenvalue weighted by atomic mass is 10.0. The van der Waals surface area contributed by atoms with Crippen LogP contribution in [0.3, 0.4) is 0 Å². The zero-order valence-electron chi connectivity index (χ0n) is 46.8. The van der Waals surface area contributed by atoms with Crippen LogP contribution in [0.4, 0.5) is 45.5 Å². The van der Waals surface area contributed by atoms with Gasteiger partial charge in [-0.25, -0.2) is 0 Å². The summed E-state index contributed by atoms with van der Waals surface area (Å²) in [4.78, 5) is 7.00. The smallest absolute Gasteiger partial charge is 0.0463 e. The molecule has 1 N–H and O–H groups in total. The molecule has 9 rings (SSSR count). The van der Waals surface area contributed by atoms with Gasteiger partial charge in [-0.2, -0.15) is 0 Å². The maximum atomic E-state index is 4.01. The van der Waals surface area contributed by atoms with Gasteiger partial charge in [0.2, 0.25) is 0 Å². The summed E-state index contributed by atoms with van der Waals surface area (Å²) in [6.07, 6.45) is 38.5. The lowest BCUT2D eigenvalue weighted by Gasteiger charge is -2.29. The van der Waals surface area contributed by atoms with Gasteiger partial charge in [0.05, 0.1) is 0 Å². The minimum absolute atomic E-state index is 0.629. The van der Waals surface area contributed by atoms with Gasteiger partial charge in [-0.05, 0) is 164 Å². The van der Waals surface area contributed by atoms with E-state index < -0.39 is 0 Å². The van der Waals surface area contributed by atoms with Crippen molar-refractivity contribution in [3.8, 4) is 11.1 Å². The van der Waals surface area contributed by atoms with E-state index in [0.717, 1.165) is 85.5 Å². The first-order chi connectivity index (χ1) is 39.9. The minimum atomic E-state index is 0.629. The van der Waals surface area contributed by atoms with Crippen molar-refractivity contribution in [2.75, 3.05) is 26.6 Å². The van der Waals surface area contributed by atoms with Crippen molar-refractivity contribution in [2.24, 2.45) is 0 Å². The SMILES string of the molecule is C=C/C=C(\C=C/C)C(/C=C\CN(c1ccc(-c2ccc(N(C(/C=C\C)=C/C=C/c3ccccc3)c3ccc(Nc4ccccc4)cc3)cc2)cc1)c1ccc(N(C2=CC=CC=CC2)c2ccccc2)cc1)=C/C=C.Cc1ccccc1. The van der Waals surface area contributed by atoms with E-state index in [2.05, 4.69) is 302 Å². The van der Waals surface area contributed by atoms with Crippen LogP contribution in [0.25, 0.3) is 17.2 Å². The molecule has 0 spiro atoms. The largest absolute Gasteiger partial charge is 0.356 e. The normalized spacial score (nSPS) is 12.7. The van der Waals surface area contributed by atoms with E-state index in [1.54, 1.807) is 0 Å². The number of hydrogen-bond acceptors (Lipinski definition) is 4. The lowest BCUT2D eigenvalue weighted by Crippen LogP contribution is -2.18. The molecule has 4 nitrogen and oxygen atoms in total. The molecule has 8 aromatic rings. The van der Waals surface area contributed by atoms with Crippen molar-refractivity contribution in [3.05, 3.63) is 369 Å². The van der Waals surface area contributed by atoms with Gasteiger partial charge in [0.15, 0.2) is 0 Å². The molecular weight excluding hydrogens is 981 g/mol. The van der Waals surface area contributed by atoms with Gasteiger partial charge < -0.3 is 20.0 Å². The van der Waals surface area contributed by atoms with Crippen LogP contribution >= 0.6 is 0 Å². The second kappa shape index (κ2) is 30.7. The molecule has 0 saturated heterocycles. The summed E-state index contributed by atoms with van der Waals surface area (Å²) in [6, 6.07) is 76.8. The van der Waals surface area contributed by atoms with Crippen LogP contribution in [-0.4, -0.2) is 6.54 Å². The van der Waals surface area contributed by atoms with Gasteiger partial charge in [-0.3, -0.25) is 0 Å². The molecule has 0 bridgehead atoms. The number of rotatable bonds is 21. The van der Waals surface area contributed by atoms with Crippen LogP contribution in [-0.2, 0) is 0 Å². The molecule has 0 aliphatic heterocycles. The molecule has 0 saturated carbocycles. The number of allylic oxidation sites excluding steroid dienone is 18. The predicted molar refractivity (Wildman–Crippen MR) is 353 cm³/mol. The lowest BCUT2D eigenvalue weighted by molar-refractivity contribution is 1.07. The molecule has 0 aromatic heterocycles. The molecule has 1 aliphatic carbocycles. The van der Waals surface area contributed by atoms with E-state index in [9.17, 15) is 0 Å². The first-order valence-electron chi connectivity index (χ1n) is 27.7. The van der Waals surface area contributed by atoms with E-state index in [0.29, 0.717) is 6.54 Å². The van der Waals surface area contributed by atoms with Crippen molar-refractivity contribution >= 4 is 51.6 Å². The Bertz CT molecular complexity index is 3560. The number of para-hydroxylation sites is 2. The van der Waals surface area contributed by atoms with Crippen LogP contribution in [0.15, 0.2) is 357 Å². The third-order valence-electron chi connectivity index (χ3n) is 13.3. The van der Waals surface area contributed by atoms with Crippen molar-refractivity contribution in [1.29, 1.82) is 0 Å². The second-order valence-electron chi connectivity index (χ2n) is 19.1. The maximum absolute atomic E-state index is 4.01. The van der Waals surface area contributed by atoms with Gasteiger partial charge >= 0.3 is 0 Å². The minimum Gasteiger partial charge on any atom is -0.356 e. The molecule has 0 unspecified atom stereocenters. The third-order valence-corrected chi connectivity index (χ3v) is 13.3. The third kappa shape index (κ3) is 16.7. The number of hydrogen-bond donors (Lipinski definition) is 1. The average molecular weight is 1050 g/mol. The summed E-state index contributed by atoms with van der Waals surface area (Å²) in [7, 11) is 0. The average Bonchev–Trinajstić information content (AvgIpc) is 3.89. The fourth-order valence-electron chi connectivity index (χ4n) is 9.34. The molecule has 0 heterocycles. The predicted octanol–water partition coefficient (Wildman–Crippen LogP) is 21.4. The molecule has 0 atom stereocenters. The van der Waals surface area contributed by atoms with E-state index in [-0.39, 0.29) is 0 Å². The zero-order chi connectivity index (χ0) is 56.3. The molecule has 0 amide bonds. The first kappa shape index (κ1) is 57.0. The zero-order valence-corrected chi connectivity index (χ0v) is 46.8. The Morgan fingerprint density at radius 2 is 0.975 bits per heavy atom. The number of nitrogens with one attached hydrogen (secondary N) is 1. The number of anilines is 8. The summed E-state index contributed by atoms with van der Waals surface area (Å²) in [5.41, 5.74) is 17.6. The highest BCUT2D eigenvalue weighted by atomic mass is 15.2. The van der Waals surface area contributed by atoms with Gasteiger partial charge in [0.1, 0.15) is 0 Å². The standard InChI is InChI=1S/C70H64N4.C7H8/c1-5-24-57(25-6-2)58(26-7-3)31-23-55-72(64-51-53-70(54-52-64)74(67-36-20-13-21-37-67)66-34-18-9-10-19-35-66)63-45-39-59(40-46-63)60-41-47-68(48-42-60)73(65(27-8-4)38-22-30-56-28-14-11-15-29-56)69-49-43-62(44-50-69)71-61-32-16-12-17-33-61;1-7-5-3-2-4-6-7/h5-34,36-54,71H,1,3,35,55H2,2,4H3;2-6H,1H3/b25-6-,27-8-,30-22+,31-23-,57-24+,58-26+,65-38+;. The van der Waals surface area contributed by atoms with Gasteiger partial charge in [0.25, 0.3) is 0 Å². The van der Waals surface area contributed by atoms with Crippen molar-refractivity contribution < 1.29 is 0 Å². The topological polar surface area (TPSA) is 21.8 Å². The van der Waals surface area contributed by atoms with Crippen molar-refractivity contribution in [1.82, 2.24) is 0 Å². The summed E-state index contributed by atoms with van der Waals surface area (Å²) < 4.78 is 0. The molecule has 400 valence electrons. The number of aryl methyl sites for hydroxylation is 1. The van der Waals surface area contributed by atoms with Crippen molar-refractivity contribution in [2.45, 2.75) is 27.2 Å². The summed E-state index contributed by atoms with van der Waals surface area (Å²) in [5.74, 6) is 0. The maximum Gasteiger partial charge on any atom is 0.0463 e. The Morgan fingerprint density at radius 3 is 1.54 bits per heavy atom. The number of benzene rings is 8. The highest BCUT2D eigenvalue weighted by Gasteiger charge is 2.17. The molecule has 8 aromatic carbocycles. The molecule has 81 heavy (non-hydrogen) atoms. The van der Waals surface area contributed by atoms with Crippen LogP contribution in [0.5, 0.6) is 0 Å². The Balaban J connectivity index is 0.00000114. The Kier molecular flexibility index (Phi) is 21.6. The van der Waals surface area contributed by atoms with Crippen LogP contribution in [0, 0.1) is 6.92 Å². The van der Waals surface area contributed by atoms with E-state index in [1.807, 2.05) is 79.8 Å². The van der Waals surface area contributed by atoms with E-state index in [1.165, 1.54) is 11.3 Å². The second-order valence-corrected chi connectivity index (χ2v) is 19.1. The van der Waals surface area contributed by atoms with Gasteiger partial charge in [-0.1, -0.05) is 231 Å². The Morgan fingerprint density at radius 1 is 0.481 bits per heavy atom. The molecule has 4 heteroatoms. The van der Waals surface area contributed by atoms with Crippen LogP contribution in [0.2, 0.25) is 0 Å². The Hall–Kier alpha value is -10.2. The highest BCUT2D eigenvalue weighted by Crippen LogP contribution is 2.37. The molecule has 1 aliphatic rings. The quantitative estimate of drug-likeness (QED) is 0.0724. The van der Waals surface area contributed by atoms with E-state index >= 15 is 0 Å². The monoisotopic (exact) mass is 1050 g/mol. The number of nitrogens with zero attached hydrogens (tertiary/aromatic N) is 3. The van der Waals surface area contributed by atoms with Crippen LogP contribution in [0.1, 0.15) is 31.4 Å². The fraction of sp³-hybridized carbons (Fsp3) is 0.0649. The van der Waals surface area contributed by atoms with Gasteiger partial charge in [0, 0.05) is 69.9 Å². The first-order valence-corrected chi connectivity index (χ1v) is 27.7. The Labute approximate surface area is 482 Å². The summed E-state index contributed by atoms with van der Waals surface area (Å²) >= 11 is 0. The highest BCUT2D eigenvalue weighted by molar-refractivity contribution is 5.78. The molecule has 0 fully saturated rings. The molecular formula is C77H72N4. The van der Waals surface area contributed by atoms with Crippen LogP contribution < -0.4 is 20.0 Å². The fourth-order valence-corrected chi connectivity index (χ4v) is 9.34. The summed E-state index contributed by atoms with van der Waals surface area (Å²) in [5, 5.41) is 3.53. The molecule has 0 radical (unpaired) electrons.